The van der Waals surface area contributed by atoms with Gasteiger partial charge in [0.25, 0.3) is 0 Å². The molecule has 0 spiro atoms. The largest absolute Gasteiger partial charge is 0.462 e. The van der Waals surface area contributed by atoms with Gasteiger partial charge in [-0.1, -0.05) is 206 Å². The quantitative estimate of drug-likeness (QED) is 0.0346. The van der Waals surface area contributed by atoms with Gasteiger partial charge in [-0.3, -0.25) is 9.59 Å². The van der Waals surface area contributed by atoms with E-state index in [0.29, 0.717) is 19.4 Å². The first-order valence-electron chi connectivity index (χ1n) is 26.1. The molecule has 0 saturated heterocycles. The molecule has 0 N–H and O–H groups in total. The molecule has 0 bridgehead atoms. The van der Waals surface area contributed by atoms with Crippen molar-refractivity contribution in [3.8, 4) is 0 Å². The zero-order chi connectivity index (χ0) is 46.3. The fourth-order valence-electron chi connectivity index (χ4n) is 6.66. The minimum atomic E-state index is -0.598. The molecule has 0 aromatic heterocycles. The van der Waals surface area contributed by atoms with Crippen LogP contribution in [-0.2, 0) is 23.8 Å². The third kappa shape index (κ3) is 50.9. The second kappa shape index (κ2) is 53.6. The standard InChI is InChI=1S/C59H96O5/c1-4-7-10-13-16-19-22-25-28-30-32-34-37-40-43-46-49-52-58(60)63-56-57(55-62-54-51-48-45-42-39-36-27-24-21-18-15-12-9-6-3)64-59(61)53-50-47-44-41-38-35-33-31-29-26-23-20-17-14-11-8-5-2/h7,9-10,12,16,18-19,21,25-29,32,34,36,40,42-43,45,57H,4-6,8,11,13-15,17,20,22-24,30-31,33,35,37-39,41,44,46-56H2,1-3H3/b10-7-,12-9-,19-16-,21-18-,28-25-,29-26-,34-32-,36-27-,43-40-,45-42-. The fraction of sp³-hybridized carbons (Fsp3) is 0.627. The Hall–Kier alpha value is -3.70. The zero-order valence-electron chi connectivity index (χ0n) is 41.5. The van der Waals surface area contributed by atoms with Gasteiger partial charge < -0.3 is 14.2 Å². The number of carbonyl (C=O) groups excluding carboxylic acids is 2. The topological polar surface area (TPSA) is 61.8 Å². The first kappa shape index (κ1) is 60.3. The van der Waals surface area contributed by atoms with Gasteiger partial charge in [0.05, 0.1) is 6.61 Å². The predicted molar refractivity (Wildman–Crippen MR) is 279 cm³/mol. The minimum absolute atomic E-state index is 0.0251. The van der Waals surface area contributed by atoms with Crippen LogP contribution in [0, 0.1) is 0 Å². The van der Waals surface area contributed by atoms with E-state index in [4.69, 9.17) is 14.2 Å². The molecule has 0 fully saturated rings. The summed E-state index contributed by atoms with van der Waals surface area (Å²) in [4.78, 5) is 25.4. The van der Waals surface area contributed by atoms with Crippen molar-refractivity contribution in [3.63, 3.8) is 0 Å². The summed E-state index contributed by atoms with van der Waals surface area (Å²) >= 11 is 0. The molecule has 0 aliphatic rings. The molecule has 0 aliphatic carbocycles. The highest BCUT2D eigenvalue weighted by Crippen LogP contribution is 2.13. The molecule has 5 heteroatoms. The van der Waals surface area contributed by atoms with Gasteiger partial charge in [0, 0.05) is 19.4 Å². The molecule has 0 aromatic carbocycles. The summed E-state index contributed by atoms with van der Waals surface area (Å²) in [5.74, 6) is -0.507. The van der Waals surface area contributed by atoms with Crippen LogP contribution in [0.3, 0.4) is 0 Å². The molecule has 64 heavy (non-hydrogen) atoms. The van der Waals surface area contributed by atoms with Crippen LogP contribution < -0.4 is 0 Å². The van der Waals surface area contributed by atoms with Gasteiger partial charge in [-0.2, -0.15) is 0 Å². The number of ether oxygens (including phenoxy) is 3. The number of esters is 2. The molecule has 362 valence electrons. The van der Waals surface area contributed by atoms with Gasteiger partial charge in [-0.05, 0) is 116 Å². The van der Waals surface area contributed by atoms with Crippen LogP contribution in [0.2, 0.25) is 0 Å². The van der Waals surface area contributed by atoms with Crippen molar-refractivity contribution >= 4 is 11.9 Å². The van der Waals surface area contributed by atoms with Crippen LogP contribution in [0.4, 0.5) is 0 Å². The molecule has 1 unspecified atom stereocenters. The van der Waals surface area contributed by atoms with E-state index >= 15 is 0 Å². The van der Waals surface area contributed by atoms with E-state index < -0.39 is 6.10 Å². The van der Waals surface area contributed by atoms with E-state index in [0.717, 1.165) is 103 Å². The Morgan fingerprint density at radius 1 is 0.359 bits per heavy atom. The molecule has 0 amide bonds. The Bertz CT molecular complexity index is 1320. The smallest absolute Gasteiger partial charge is 0.306 e. The second-order valence-electron chi connectivity index (χ2n) is 16.7. The third-order valence-corrected chi connectivity index (χ3v) is 10.5. The number of hydrogen-bond donors (Lipinski definition) is 0. The van der Waals surface area contributed by atoms with Crippen LogP contribution in [0.15, 0.2) is 122 Å². The molecule has 0 radical (unpaired) electrons. The summed E-state index contributed by atoms with van der Waals surface area (Å²) in [5.41, 5.74) is 0. The molecule has 0 rings (SSSR count). The van der Waals surface area contributed by atoms with E-state index in [2.05, 4.69) is 142 Å². The highest BCUT2D eigenvalue weighted by molar-refractivity contribution is 5.70. The summed E-state index contributed by atoms with van der Waals surface area (Å²) in [6.45, 7) is 7.38. The van der Waals surface area contributed by atoms with Gasteiger partial charge in [0.15, 0.2) is 6.10 Å². The summed E-state index contributed by atoms with van der Waals surface area (Å²) in [5, 5.41) is 0. The Labute approximate surface area is 395 Å². The van der Waals surface area contributed by atoms with Crippen molar-refractivity contribution in [2.24, 2.45) is 0 Å². The van der Waals surface area contributed by atoms with Gasteiger partial charge in [0.2, 0.25) is 0 Å². The van der Waals surface area contributed by atoms with Crippen molar-refractivity contribution < 1.29 is 23.8 Å². The Balaban J connectivity index is 4.46. The summed E-state index contributed by atoms with van der Waals surface area (Å²) < 4.78 is 17.3. The lowest BCUT2D eigenvalue weighted by atomic mass is 10.1. The molecule has 1 atom stereocenters. The maximum absolute atomic E-state index is 12.8. The van der Waals surface area contributed by atoms with Crippen molar-refractivity contribution in [3.05, 3.63) is 122 Å². The minimum Gasteiger partial charge on any atom is -0.462 e. The van der Waals surface area contributed by atoms with Crippen molar-refractivity contribution in [2.75, 3.05) is 19.8 Å². The average molecular weight is 885 g/mol. The maximum atomic E-state index is 12.8. The number of unbranched alkanes of at least 4 members (excludes halogenated alkanes) is 15. The van der Waals surface area contributed by atoms with Crippen LogP contribution in [0.5, 0.6) is 0 Å². The second-order valence-corrected chi connectivity index (χ2v) is 16.7. The summed E-state index contributed by atoms with van der Waals surface area (Å²) in [7, 11) is 0. The molecular formula is C59H96O5. The van der Waals surface area contributed by atoms with Crippen molar-refractivity contribution in [1.82, 2.24) is 0 Å². The first-order valence-corrected chi connectivity index (χ1v) is 26.1. The van der Waals surface area contributed by atoms with E-state index in [1.165, 1.54) is 77.0 Å². The maximum Gasteiger partial charge on any atom is 0.306 e. The number of carbonyl (C=O) groups is 2. The van der Waals surface area contributed by atoms with Crippen LogP contribution >= 0.6 is 0 Å². The Morgan fingerprint density at radius 2 is 0.719 bits per heavy atom. The van der Waals surface area contributed by atoms with Gasteiger partial charge >= 0.3 is 11.9 Å². The Morgan fingerprint density at radius 3 is 1.19 bits per heavy atom. The molecule has 0 saturated carbocycles. The fourth-order valence-corrected chi connectivity index (χ4v) is 6.66. The molecule has 5 nitrogen and oxygen atoms in total. The molecule has 0 aliphatic heterocycles. The lowest BCUT2D eigenvalue weighted by Crippen LogP contribution is -2.30. The highest BCUT2D eigenvalue weighted by atomic mass is 16.6. The summed E-state index contributed by atoms with van der Waals surface area (Å²) in [6.07, 6.45) is 75.1. The van der Waals surface area contributed by atoms with E-state index in [9.17, 15) is 9.59 Å². The van der Waals surface area contributed by atoms with Gasteiger partial charge in [0.1, 0.15) is 6.61 Å². The van der Waals surface area contributed by atoms with E-state index in [-0.39, 0.29) is 25.2 Å². The predicted octanol–water partition coefficient (Wildman–Crippen LogP) is 17.8. The zero-order valence-corrected chi connectivity index (χ0v) is 41.5. The normalized spacial score (nSPS) is 13.2. The lowest BCUT2D eigenvalue weighted by Gasteiger charge is -2.18. The summed E-state index contributed by atoms with van der Waals surface area (Å²) in [6, 6.07) is 0. The number of rotatable bonds is 46. The Kier molecular flexibility index (Phi) is 50.5. The average Bonchev–Trinajstić information content (AvgIpc) is 3.30. The number of allylic oxidation sites excluding steroid dienone is 20. The van der Waals surface area contributed by atoms with Gasteiger partial charge in [-0.15, -0.1) is 0 Å². The van der Waals surface area contributed by atoms with Crippen LogP contribution in [0.1, 0.15) is 213 Å². The lowest BCUT2D eigenvalue weighted by molar-refractivity contribution is -0.162. The van der Waals surface area contributed by atoms with Gasteiger partial charge in [-0.25, -0.2) is 0 Å². The number of hydrogen-bond acceptors (Lipinski definition) is 5. The third-order valence-electron chi connectivity index (χ3n) is 10.5. The van der Waals surface area contributed by atoms with E-state index in [1.807, 2.05) is 0 Å². The van der Waals surface area contributed by atoms with Crippen LogP contribution in [-0.4, -0.2) is 37.9 Å². The highest BCUT2D eigenvalue weighted by Gasteiger charge is 2.17. The van der Waals surface area contributed by atoms with Crippen molar-refractivity contribution in [2.45, 2.75) is 219 Å². The molecule has 0 aromatic rings. The monoisotopic (exact) mass is 885 g/mol. The SMILES string of the molecule is CC/C=C\C/C=C\C/C=C\C/C=C\C/C=C\CCCC(=O)OCC(COCCC/C=C\C/C=C\C/C=C\C/C=C\CC)OC(=O)CCCCCCCCC/C=C\CCCCCCCC. The van der Waals surface area contributed by atoms with Crippen molar-refractivity contribution in [1.29, 1.82) is 0 Å². The molecular weight excluding hydrogens is 789 g/mol. The van der Waals surface area contributed by atoms with Crippen LogP contribution in [0.25, 0.3) is 0 Å². The van der Waals surface area contributed by atoms with E-state index in [1.54, 1.807) is 0 Å². The first-order chi connectivity index (χ1) is 31.6. The molecule has 0 heterocycles.